The van der Waals surface area contributed by atoms with Gasteiger partial charge in [-0.15, -0.1) is 0 Å². The number of furan rings is 1. The first-order valence-electron chi connectivity index (χ1n) is 4.34. The number of oxazole rings is 1. The van der Waals surface area contributed by atoms with Crippen molar-refractivity contribution in [2.75, 3.05) is 0 Å². The minimum Gasteiger partial charge on any atom is -0.472 e. The average molecular weight is 192 g/mol. The van der Waals surface area contributed by atoms with Crippen LogP contribution in [0.15, 0.2) is 33.8 Å². The van der Waals surface area contributed by atoms with Gasteiger partial charge in [-0.25, -0.2) is 4.98 Å². The van der Waals surface area contributed by atoms with E-state index in [1.54, 1.807) is 12.5 Å². The van der Waals surface area contributed by atoms with Crippen molar-refractivity contribution in [2.45, 2.75) is 19.4 Å². The number of hydrogen-bond donors (Lipinski definition) is 1. The van der Waals surface area contributed by atoms with Crippen LogP contribution in [0, 0.1) is 6.92 Å². The van der Waals surface area contributed by atoms with E-state index in [0.29, 0.717) is 5.76 Å². The molecule has 1 unspecified atom stereocenters. The standard InChI is InChI=1S/C10H12N2O2/c1-7-9(14-6-12-7)10(2,11)8-3-4-13-5-8/h3-6H,11H2,1-2H3. The van der Waals surface area contributed by atoms with Gasteiger partial charge in [-0.3, -0.25) is 0 Å². The van der Waals surface area contributed by atoms with Crippen LogP contribution in [0.1, 0.15) is 23.9 Å². The maximum atomic E-state index is 6.16. The van der Waals surface area contributed by atoms with Crippen molar-refractivity contribution in [1.82, 2.24) is 4.98 Å². The molecule has 2 N–H and O–H groups in total. The van der Waals surface area contributed by atoms with Crippen LogP contribution in [-0.4, -0.2) is 4.98 Å². The molecule has 0 aromatic carbocycles. The lowest BCUT2D eigenvalue weighted by molar-refractivity contribution is 0.409. The predicted molar refractivity (Wildman–Crippen MR) is 50.6 cm³/mol. The Bertz CT molecular complexity index is 415. The van der Waals surface area contributed by atoms with Gasteiger partial charge >= 0.3 is 0 Å². The van der Waals surface area contributed by atoms with Gasteiger partial charge < -0.3 is 14.6 Å². The van der Waals surface area contributed by atoms with Crippen LogP contribution in [0.25, 0.3) is 0 Å². The number of nitrogens with zero attached hydrogens (tertiary/aromatic N) is 1. The van der Waals surface area contributed by atoms with Crippen molar-refractivity contribution in [1.29, 1.82) is 0 Å². The molecule has 0 aliphatic heterocycles. The SMILES string of the molecule is Cc1ncoc1C(C)(N)c1ccoc1. The van der Waals surface area contributed by atoms with Gasteiger partial charge in [0, 0.05) is 5.56 Å². The van der Waals surface area contributed by atoms with E-state index in [4.69, 9.17) is 14.6 Å². The van der Waals surface area contributed by atoms with Crippen LogP contribution in [0.5, 0.6) is 0 Å². The Labute approximate surface area is 81.7 Å². The van der Waals surface area contributed by atoms with Crippen LogP contribution < -0.4 is 5.73 Å². The summed E-state index contributed by atoms with van der Waals surface area (Å²) in [6, 6.07) is 1.82. The fourth-order valence-corrected chi connectivity index (χ4v) is 1.49. The highest BCUT2D eigenvalue weighted by molar-refractivity contribution is 5.30. The zero-order valence-electron chi connectivity index (χ0n) is 8.15. The number of aryl methyl sites for hydroxylation is 1. The van der Waals surface area contributed by atoms with E-state index in [-0.39, 0.29) is 0 Å². The van der Waals surface area contributed by atoms with Gasteiger partial charge in [0.1, 0.15) is 5.54 Å². The van der Waals surface area contributed by atoms with E-state index < -0.39 is 5.54 Å². The zero-order chi connectivity index (χ0) is 10.2. The van der Waals surface area contributed by atoms with E-state index in [0.717, 1.165) is 11.3 Å². The van der Waals surface area contributed by atoms with E-state index in [9.17, 15) is 0 Å². The van der Waals surface area contributed by atoms with E-state index in [2.05, 4.69) is 4.98 Å². The second-order valence-corrected chi connectivity index (χ2v) is 3.48. The van der Waals surface area contributed by atoms with Crippen LogP contribution in [-0.2, 0) is 5.54 Å². The lowest BCUT2D eigenvalue weighted by atomic mass is 9.92. The Morgan fingerprint density at radius 3 is 2.79 bits per heavy atom. The molecular formula is C10H12N2O2. The van der Waals surface area contributed by atoms with E-state index in [1.165, 1.54) is 6.39 Å². The second-order valence-electron chi connectivity index (χ2n) is 3.48. The second kappa shape index (κ2) is 2.99. The molecule has 0 spiro atoms. The number of aromatic nitrogens is 1. The van der Waals surface area contributed by atoms with Crippen molar-refractivity contribution in [2.24, 2.45) is 5.73 Å². The number of nitrogens with two attached hydrogens (primary N) is 1. The highest BCUT2D eigenvalue weighted by Gasteiger charge is 2.30. The first kappa shape index (κ1) is 9.02. The molecule has 0 saturated carbocycles. The number of hydrogen-bond acceptors (Lipinski definition) is 4. The average Bonchev–Trinajstić information content (AvgIpc) is 2.72. The summed E-state index contributed by atoms with van der Waals surface area (Å²) in [6.07, 6.45) is 4.60. The van der Waals surface area contributed by atoms with Gasteiger partial charge in [-0.2, -0.15) is 0 Å². The molecule has 0 saturated heterocycles. The van der Waals surface area contributed by atoms with Crippen LogP contribution >= 0.6 is 0 Å². The molecule has 4 heteroatoms. The maximum Gasteiger partial charge on any atom is 0.181 e. The van der Waals surface area contributed by atoms with Gasteiger partial charge in [-0.1, -0.05) is 0 Å². The van der Waals surface area contributed by atoms with Crippen molar-refractivity contribution < 1.29 is 8.83 Å². The van der Waals surface area contributed by atoms with Gasteiger partial charge in [0.05, 0.1) is 18.2 Å². The summed E-state index contributed by atoms with van der Waals surface area (Å²) in [5.41, 5.74) is 7.14. The summed E-state index contributed by atoms with van der Waals surface area (Å²) in [5, 5.41) is 0. The summed E-state index contributed by atoms with van der Waals surface area (Å²) >= 11 is 0. The first-order chi connectivity index (χ1) is 6.62. The van der Waals surface area contributed by atoms with E-state index >= 15 is 0 Å². The first-order valence-corrected chi connectivity index (χ1v) is 4.34. The normalized spacial score (nSPS) is 15.4. The van der Waals surface area contributed by atoms with Crippen molar-refractivity contribution in [3.63, 3.8) is 0 Å². The molecule has 0 aliphatic carbocycles. The Kier molecular flexibility index (Phi) is 1.93. The third kappa shape index (κ3) is 1.24. The topological polar surface area (TPSA) is 65.2 Å². The molecule has 0 fully saturated rings. The molecule has 2 heterocycles. The smallest absolute Gasteiger partial charge is 0.181 e. The zero-order valence-corrected chi connectivity index (χ0v) is 8.15. The van der Waals surface area contributed by atoms with Crippen molar-refractivity contribution in [3.05, 3.63) is 42.0 Å². The molecule has 14 heavy (non-hydrogen) atoms. The monoisotopic (exact) mass is 192 g/mol. The quantitative estimate of drug-likeness (QED) is 0.787. The Balaban J connectivity index is 2.48. The van der Waals surface area contributed by atoms with Gasteiger partial charge in [0.2, 0.25) is 0 Å². The lowest BCUT2D eigenvalue weighted by Gasteiger charge is -2.20. The summed E-state index contributed by atoms with van der Waals surface area (Å²) in [7, 11) is 0. The maximum absolute atomic E-state index is 6.16. The van der Waals surface area contributed by atoms with Crippen LogP contribution in [0.4, 0.5) is 0 Å². The number of rotatable bonds is 2. The largest absolute Gasteiger partial charge is 0.472 e. The molecule has 4 nitrogen and oxygen atoms in total. The van der Waals surface area contributed by atoms with Crippen LogP contribution in [0.3, 0.4) is 0 Å². The highest BCUT2D eigenvalue weighted by Crippen LogP contribution is 2.28. The van der Waals surface area contributed by atoms with Gasteiger partial charge in [-0.05, 0) is 19.9 Å². The predicted octanol–water partition coefficient (Wildman–Crippen LogP) is 1.80. The fourth-order valence-electron chi connectivity index (χ4n) is 1.49. The molecule has 0 aliphatic rings. The third-order valence-corrected chi connectivity index (χ3v) is 2.34. The molecule has 1 atom stereocenters. The third-order valence-electron chi connectivity index (χ3n) is 2.34. The molecule has 74 valence electrons. The molecule has 2 rings (SSSR count). The molecule has 0 radical (unpaired) electrons. The Hall–Kier alpha value is -1.55. The summed E-state index contributed by atoms with van der Waals surface area (Å²) in [6.45, 7) is 3.73. The fraction of sp³-hybridized carbons (Fsp3) is 0.300. The minimum atomic E-state index is -0.687. The molecule has 0 bridgehead atoms. The molecular weight excluding hydrogens is 180 g/mol. The molecule has 2 aromatic heterocycles. The minimum absolute atomic E-state index is 0.666. The molecule has 2 aromatic rings. The summed E-state index contributed by atoms with van der Waals surface area (Å²) in [5.74, 6) is 0.666. The van der Waals surface area contributed by atoms with Crippen LogP contribution in [0.2, 0.25) is 0 Å². The van der Waals surface area contributed by atoms with E-state index in [1.807, 2.05) is 19.9 Å². The van der Waals surface area contributed by atoms with Crippen molar-refractivity contribution in [3.8, 4) is 0 Å². The summed E-state index contributed by atoms with van der Waals surface area (Å²) < 4.78 is 10.3. The lowest BCUT2D eigenvalue weighted by Crippen LogP contribution is -2.34. The van der Waals surface area contributed by atoms with Gasteiger partial charge in [0.25, 0.3) is 0 Å². The summed E-state index contributed by atoms with van der Waals surface area (Å²) in [4.78, 5) is 4.02. The van der Waals surface area contributed by atoms with Crippen molar-refractivity contribution >= 4 is 0 Å². The Morgan fingerprint density at radius 2 is 2.29 bits per heavy atom. The Morgan fingerprint density at radius 1 is 1.50 bits per heavy atom. The molecule has 0 amide bonds. The van der Waals surface area contributed by atoms with Gasteiger partial charge in [0.15, 0.2) is 12.2 Å². The highest BCUT2D eigenvalue weighted by atomic mass is 16.3.